The number of methoxy groups -OCH3 is 1. The van der Waals surface area contributed by atoms with E-state index in [1.54, 1.807) is 50.4 Å². The number of fused-ring (bicyclic) bond motifs is 1. The largest absolute Gasteiger partial charge is 0.497 e. The third-order valence-corrected chi connectivity index (χ3v) is 3.82. The van der Waals surface area contributed by atoms with Crippen LogP contribution in [-0.4, -0.2) is 30.1 Å². The zero-order valence-corrected chi connectivity index (χ0v) is 14.4. The summed E-state index contributed by atoms with van der Waals surface area (Å²) in [7, 11) is 1.54. The van der Waals surface area contributed by atoms with Gasteiger partial charge in [-0.25, -0.2) is 9.78 Å². The molecule has 0 saturated heterocycles. The fraction of sp³-hybridized carbons (Fsp3) is 0.211. The third-order valence-electron chi connectivity index (χ3n) is 3.82. The first-order valence-electron chi connectivity index (χ1n) is 8.10. The quantitative estimate of drug-likeness (QED) is 0.682. The number of ether oxygens (including phenoxy) is 2. The number of anilines is 1. The minimum Gasteiger partial charge on any atom is -0.497 e. The highest BCUT2D eigenvalue weighted by molar-refractivity contribution is 5.98. The summed E-state index contributed by atoms with van der Waals surface area (Å²) in [5.41, 5.74) is 1.98. The first kappa shape index (κ1) is 17.5. The molecule has 0 spiro atoms. The predicted molar refractivity (Wildman–Crippen MR) is 95.1 cm³/mol. The highest BCUT2D eigenvalue weighted by Crippen LogP contribution is 2.19. The average Bonchev–Trinajstić information content (AvgIpc) is 3.13. The lowest BCUT2D eigenvalue weighted by Gasteiger charge is -2.16. The molecule has 3 aromatic rings. The summed E-state index contributed by atoms with van der Waals surface area (Å²) in [6.07, 6.45) is 0.724. The van der Waals surface area contributed by atoms with Crippen molar-refractivity contribution in [2.24, 2.45) is 0 Å². The number of nitrogens with zero attached hydrogens (tertiary/aromatic N) is 1. The lowest BCUT2D eigenvalue weighted by molar-refractivity contribution is -0.124. The molecule has 1 N–H and O–H groups in total. The standard InChI is InChI=1S/C19H18N2O5/c1-3-16(18(22)21-13-5-4-6-14(10-13)24-2)26-19(23)12-7-8-15-17(9-12)25-11-20-15/h4-11,16H,3H2,1-2H3,(H,21,22). The number of carbonyl (C=O) groups is 2. The van der Waals surface area contributed by atoms with Crippen LogP contribution in [0.4, 0.5) is 5.69 Å². The lowest BCUT2D eigenvalue weighted by atomic mass is 10.2. The third kappa shape index (κ3) is 3.83. The van der Waals surface area contributed by atoms with E-state index in [2.05, 4.69) is 10.3 Å². The maximum absolute atomic E-state index is 12.4. The van der Waals surface area contributed by atoms with E-state index in [1.807, 2.05) is 0 Å². The van der Waals surface area contributed by atoms with Gasteiger partial charge in [0.15, 0.2) is 18.1 Å². The smallest absolute Gasteiger partial charge is 0.339 e. The van der Waals surface area contributed by atoms with Gasteiger partial charge in [-0.2, -0.15) is 0 Å². The maximum Gasteiger partial charge on any atom is 0.339 e. The van der Waals surface area contributed by atoms with Gasteiger partial charge in [-0.1, -0.05) is 13.0 Å². The summed E-state index contributed by atoms with van der Waals surface area (Å²) in [5.74, 6) is -0.390. The van der Waals surface area contributed by atoms with Gasteiger partial charge < -0.3 is 19.2 Å². The number of amides is 1. The van der Waals surface area contributed by atoms with Gasteiger partial charge in [0.1, 0.15) is 11.3 Å². The van der Waals surface area contributed by atoms with E-state index in [9.17, 15) is 9.59 Å². The van der Waals surface area contributed by atoms with Crippen molar-refractivity contribution in [3.05, 3.63) is 54.4 Å². The molecule has 1 aromatic heterocycles. The van der Waals surface area contributed by atoms with E-state index in [4.69, 9.17) is 13.9 Å². The predicted octanol–water partition coefficient (Wildman–Crippen LogP) is 3.41. The minimum atomic E-state index is -0.917. The molecular formula is C19H18N2O5. The van der Waals surface area contributed by atoms with E-state index in [1.165, 1.54) is 12.5 Å². The Morgan fingerprint density at radius 2 is 2.08 bits per heavy atom. The number of carbonyl (C=O) groups excluding carboxylic acids is 2. The van der Waals surface area contributed by atoms with Gasteiger partial charge in [-0.15, -0.1) is 0 Å². The SMILES string of the molecule is CCC(OC(=O)c1ccc2ncoc2c1)C(=O)Nc1cccc(OC)c1. The van der Waals surface area contributed by atoms with E-state index in [-0.39, 0.29) is 0 Å². The van der Waals surface area contributed by atoms with Crippen molar-refractivity contribution in [2.75, 3.05) is 12.4 Å². The Balaban J connectivity index is 1.69. The number of aromatic nitrogens is 1. The minimum absolute atomic E-state index is 0.293. The van der Waals surface area contributed by atoms with Crippen molar-refractivity contribution in [1.82, 2.24) is 4.98 Å². The van der Waals surface area contributed by atoms with Crippen molar-refractivity contribution in [3.8, 4) is 5.75 Å². The van der Waals surface area contributed by atoms with E-state index in [0.29, 0.717) is 34.5 Å². The summed E-state index contributed by atoms with van der Waals surface area (Å²) in [6.45, 7) is 1.77. The molecule has 0 aliphatic rings. The normalized spacial score (nSPS) is 11.8. The van der Waals surface area contributed by atoms with Crippen LogP contribution in [0, 0.1) is 0 Å². The number of oxazole rings is 1. The summed E-state index contributed by atoms with van der Waals surface area (Å²) in [6, 6.07) is 11.7. The molecule has 0 bridgehead atoms. The second-order valence-electron chi connectivity index (χ2n) is 5.56. The Morgan fingerprint density at radius 3 is 2.85 bits per heavy atom. The van der Waals surface area contributed by atoms with Crippen LogP contribution in [0.25, 0.3) is 11.1 Å². The molecule has 3 rings (SSSR count). The van der Waals surface area contributed by atoms with Crippen LogP contribution in [-0.2, 0) is 9.53 Å². The molecule has 1 unspecified atom stereocenters. The van der Waals surface area contributed by atoms with E-state index >= 15 is 0 Å². The number of rotatable bonds is 6. The number of esters is 1. The molecule has 0 saturated carbocycles. The Labute approximate surface area is 149 Å². The zero-order valence-electron chi connectivity index (χ0n) is 14.4. The number of hydrogen-bond acceptors (Lipinski definition) is 6. The second kappa shape index (κ2) is 7.69. The summed E-state index contributed by atoms with van der Waals surface area (Å²) < 4.78 is 15.7. The molecule has 26 heavy (non-hydrogen) atoms. The van der Waals surface area contributed by atoms with Crippen molar-refractivity contribution in [3.63, 3.8) is 0 Å². The topological polar surface area (TPSA) is 90.7 Å². The zero-order chi connectivity index (χ0) is 18.5. The molecule has 0 radical (unpaired) electrons. The molecule has 1 amide bonds. The number of hydrogen-bond donors (Lipinski definition) is 1. The fourth-order valence-electron chi connectivity index (χ4n) is 2.43. The van der Waals surface area contributed by atoms with Crippen LogP contribution >= 0.6 is 0 Å². The van der Waals surface area contributed by atoms with Gasteiger partial charge in [0.25, 0.3) is 5.91 Å². The summed E-state index contributed by atoms with van der Waals surface area (Å²) in [4.78, 5) is 28.8. The molecule has 0 fully saturated rings. The molecular weight excluding hydrogens is 336 g/mol. The van der Waals surface area contributed by atoms with Crippen molar-refractivity contribution in [1.29, 1.82) is 0 Å². The van der Waals surface area contributed by atoms with Gasteiger partial charge >= 0.3 is 5.97 Å². The van der Waals surface area contributed by atoms with Gasteiger partial charge in [0.2, 0.25) is 0 Å². The van der Waals surface area contributed by atoms with Crippen LogP contribution in [0.2, 0.25) is 0 Å². The molecule has 134 valence electrons. The molecule has 2 aromatic carbocycles. The number of benzene rings is 2. The molecule has 1 heterocycles. The highest BCUT2D eigenvalue weighted by Gasteiger charge is 2.22. The molecule has 7 heteroatoms. The monoisotopic (exact) mass is 354 g/mol. The van der Waals surface area contributed by atoms with Gasteiger partial charge in [-0.3, -0.25) is 4.79 Å². The number of nitrogens with one attached hydrogen (secondary N) is 1. The summed E-state index contributed by atoms with van der Waals surface area (Å²) in [5, 5.41) is 2.73. The van der Waals surface area contributed by atoms with Gasteiger partial charge in [0, 0.05) is 11.8 Å². The molecule has 7 nitrogen and oxygen atoms in total. The molecule has 0 aliphatic carbocycles. The van der Waals surface area contributed by atoms with E-state index in [0.717, 1.165) is 0 Å². The average molecular weight is 354 g/mol. The van der Waals surface area contributed by atoms with E-state index < -0.39 is 18.0 Å². The molecule has 0 aliphatic heterocycles. The van der Waals surface area contributed by atoms with Crippen LogP contribution in [0.15, 0.2) is 53.3 Å². The Bertz CT molecular complexity index is 934. The lowest BCUT2D eigenvalue weighted by Crippen LogP contribution is -2.32. The van der Waals surface area contributed by atoms with Crippen LogP contribution in [0.1, 0.15) is 23.7 Å². The Kier molecular flexibility index (Phi) is 5.17. The van der Waals surface area contributed by atoms with Crippen molar-refractivity contribution in [2.45, 2.75) is 19.4 Å². The van der Waals surface area contributed by atoms with Crippen LogP contribution in [0.3, 0.4) is 0 Å². The first-order chi connectivity index (χ1) is 12.6. The molecule has 1 atom stereocenters. The first-order valence-corrected chi connectivity index (χ1v) is 8.10. The highest BCUT2D eigenvalue weighted by atomic mass is 16.5. The van der Waals surface area contributed by atoms with Gasteiger partial charge in [-0.05, 0) is 36.8 Å². The van der Waals surface area contributed by atoms with Crippen LogP contribution < -0.4 is 10.1 Å². The van der Waals surface area contributed by atoms with Crippen molar-refractivity contribution < 1.29 is 23.5 Å². The van der Waals surface area contributed by atoms with Crippen LogP contribution in [0.5, 0.6) is 5.75 Å². The fourth-order valence-corrected chi connectivity index (χ4v) is 2.43. The van der Waals surface area contributed by atoms with Gasteiger partial charge in [0.05, 0.1) is 12.7 Å². The maximum atomic E-state index is 12.4. The second-order valence-corrected chi connectivity index (χ2v) is 5.56. The Hall–Kier alpha value is -3.35. The Morgan fingerprint density at radius 1 is 1.23 bits per heavy atom. The summed E-state index contributed by atoms with van der Waals surface area (Å²) >= 11 is 0. The van der Waals surface area contributed by atoms with Crippen molar-refractivity contribution >= 4 is 28.7 Å².